The monoisotopic (exact) mass is 70.0 g/mol. The fourth-order valence-electron chi connectivity index (χ4n) is 0. The Labute approximate surface area is 31.0 Å². The topological polar surface area (TPSA) is 0 Å². The average Bonchev–Trinajstić information content (AvgIpc) is 0.811. The summed E-state index contributed by atoms with van der Waals surface area (Å²) < 4.78 is 0. The molecule has 0 aliphatic heterocycles. The molecule has 0 aromatic heterocycles. The molecule has 2 radical (unpaired) electrons. The Morgan fingerprint density at radius 3 is 2.00 bits per heavy atom. The van der Waals surface area contributed by atoms with Crippen LogP contribution in [-0.2, 0) is 0 Å². The quantitative estimate of drug-likeness (QED) is 0.281. The first-order chi connectivity index (χ1) is 1.73. The molecule has 0 aromatic rings. The molecule has 4 heavy (non-hydrogen) atoms. The van der Waals surface area contributed by atoms with Crippen LogP contribution in [0, 0.1) is 0 Å². The van der Waals surface area contributed by atoms with Gasteiger partial charge in [-0.15, -0.1) is 0 Å². The van der Waals surface area contributed by atoms with Crippen LogP contribution in [-0.4, -0.2) is 14.1 Å². The summed E-state index contributed by atoms with van der Waals surface area (Å²) in [6.45, 7) is 1.91. The summed E-state index contributed by atoms with van der Waals surface area (Å²) in [6, 6.07) is 0. The fraction of sp³-hybridized carbons (Fsp3) is 1.00. The summed E-state index contributed by atoms with van der Waals surface area (Å²) in [5, 5.41) is 0. The highest BCUT2D eigenvalue weighted by Gasteiger charge is 1.75. The zero-order valence-electron chi connectivity index (χ0n) is 2.73. The highest BCUT2D eigenvalue weighted by Crippen LogP contribution is 1.79. The Balaban J connectivity index is 2.32. The van der Waals surface area contributed by atoms with Crippen LogP contribution in [0.15, 0.2) is 0 Å². The lowest BCUT2D eigenvalue weighted by atomic mass is 9.56. The van der Waals surface area contributed by atoms with E-state index in [2.05, 4.69) is 9.12 Å². The van der Waals surface area contributed by atoms with E-state index in [1.807, 2.05) is 6.82 Å². The molecule has 1 unspecified atom stereocenters. The van der Waals surface area contributed by atoms with Crippen molar-refractivity contribution in [3.8, 4) is 0 Å². The molecule has 0 aromatic carbocycles. The van der Waals surface area contributed by atoms with Crippen molar-refractivity contribution >= 4 is 23.2 Å². The van der Waals surface area contributed by atoms with Gasteiger partial charge in [0.1, 0.15) is 6.32 Å². The molecule has 0 N–H and O–H groups in total. The molecule has 0 nitrogen and oxygen atoms in total. The van der Waals surface area contributed by atoms with Crippen molar-refractivity contribution in [3.05, 3.63) is 0 Å². The largest absolute Gasteiger partial charge is 0.180 e. The summed E-state index contributed by atoms with van der Waals surface area (Å²) in [5.74, 6) is 0. The van der Waals surface area contributed by atoms with Crippen molar-refractivity contribution < 1.29 is 0 Å². The molecule has 0 heterocycles. The van der Waals surface area contributed by atoms with Crippen LogP contribution in [0.3, 0.4) is 0 Å². The molecule has 0 fully saturated rings. The van der Waals surface area contributed by atoms with Gasteiger partial charge in [0.15, 0.2) is 0 Å². The Morgan fingerprint density at radius 2 is 2.00 bits per heavy atom. The van der Waals surface area contributed by atoms with Gasteiger partial charge in [0, 0.05) is 7.74 Å². The fourth-order valence-corrected chi connectivity index (χ4v) is 0. The Hall–Kier alpha value is 0.560. The molecule has 1 atom stereocenters. The van der Waals surface area contributed by atoms with Crippen molar-refractivity contribution in [2.24, 2.45) is 0 Å². The third kappa shape index (κ3) is 19.9. The van der Waals surface area contributed by atoms with E-state index < -0.39 is 0 Å². The Morgan fingerprint density at radius 1 is 2.00 bits per heavy atom. The number of hydrogen-bond donors (Lipinski definition) is 0. The molecule has 0 aliphatic carbocycles. The predicted octanol–water partition coefficient (Wildman–Crippen LogP) is 0.148. The zero-order chi connectivity index (χ0) is 3.58. The van der Waals surface area contributed by atoms with Crippen molar-refractivity contribution in [1.29, 1.82) is 0 Å². The van der Waals surface area contributed by atoms with E-state index in [4.69, 9.17) is 7.74 Å². The van der Waals surface area contributed by atoms with Gasteiger partial charge in [0.2, 0.25) is 0 Å². The molecule has 0 rings (SSSR count). The molecule has 0 saturated heterocycles. The van der Waals surface area contributed by atoms with Gasteiger partial charge in [0.25, 0.3) is 0 Å². The molecule has 0 bridgehead atoms. The minimum atomic E-state index is 0.250. The van der Waals surface area contributed by atoms with Gasteiger partial charge in [-0.25, -0.2) is 0 Å². The van der Waals surface area contributed by atoms with Crippen LogP contribution in [0.2, 0.25) is 6.82 Å². The van der Waals surface area contributed by atoms with E-state index in [-0.39, 0.29) is 6.32 Å². The summed E-state index contributed by atoms with van der Waals surface area (Å²) in [5.41, 5.74) is 0. The maximum Gasteiger partial charge on any atom is 0.110 e. The van der Waals surface area contributed by atoms with E-state index in [1.165, 1.54) is 0 Å². The van der Waals surface area contributed by atoms with E-state index in [0.717, 1.165) is 0 Å². The third-order valence-corrected chi connectivity index (χ3v) is 0. The minimum absolute atomic E-state index is 0.250. The molecule has 0 amide bonds. The van der Waals surface area contributed by atoms with Crippen molar-refractivity contribution in [3.63, 3.8) is 0 Å². The Bertz CT molecular complexity index is 10.8. The third-order valence-electron chi connectivity index (χ3n) is 0. The molecule has 0 aliphatic rings. The van der Waals surface area contributed by atoms with E-state index in [9.17, 15) is 0 Å². The molecular weight excluding hydrogens is 64.6 g/mol. The van der Waals surface area contributed by atoms with Crippen molar-refractivity contribution in [2.75, 3.05) is 0 Å². The lowest BCUT2D eigenvalue weighted by Crippen LogP contribution is -1.88. The summed E-state index contributed by atoms with van der Waals surface area (Å²) in [7, 11) is 7.51. The van der Waals surface area contributed by atoms with Gasteiger partial charge >= 0.3 is 0 Å². The highest BCUT2D eigenvalue weighted by atomic mass is 31.0. The normalized spacial score (nSPS) is 6.50. The predicted molar refractivity (Wildman–Crippen MR) is 27.1 cm³/mol. The lowest BCUT2D eigenvalue weighted by molar-refractivity contribution is 2.35. The maximum atomic E-state index is 5.07. The van der Waals surface area contributed by atoms with Gasteiger partial charge in [-0.1, -0.05) is 6.82 Å². The summed E-state index contributed by atoms with van der Waals surface area (Å²) in [4.78, 5) is 0. The van der Waals surface area contributed by atoms with Gasteiger partial charge in [-0.2, -0.15) is 9.12 Å². The molecular formula is CH5B2P. The summed E-state index contributed by atoms with van der Waals surface area (Å²) >= 11 is 0. The van der Waals surface area contributed by atoms with Gasteiger partial charge < -0.3 is 0 Å². The van der Waals surface area contributed by atoms with E-state index in [1.54, 1.807) is 0 Å². The second-order valence-electron chi connectivity index (χ2n) is 0.859. The van der Waals surface area contributed by atoms with Crippen molar-refractivity contribution in [2.45, 2.75) is 6.82 Å². The maximum absolute atomic E-state index is 5.07. The lowest BCUT2D eigenvalue weighted by Gasteiger charge is -1.72. The van der Waals surface area contributed by atoms with Gasteiger partial charge in [-0.3, -0.25) is 0 Å². The van der Waals surface area contributed by atoms with Crippen LogP contribution in [0.5, 0.6) is 0 Å². The SMILES string of the molecule is [B]B(C)P. The number of hydrogen-bond acceptors (Lipinski definition) is 0. The second-order valence-corrected chi connectivity index (χ2v) is 1.91. The molecule has 3 heteroatoms. The van der Waals surface area contributed by atoms with E-state index in [0.29, 0.717) is 0 Å². The minimum Gasteiger partial charge on any atom is -0.180 e. The van der Waals surface area contributed by atoms with Gasteiger partial charge in [-0.05, 0) is 0 Å². The van der Waals surface area contributed by atoms with Gasteiger partial charge in [0.05, 0.1) is 0 Å². The second kappa shape index (κ2) is 1.84. The number of rotatable bonds is 0. The first-order valence-corrected chi connectivity index (χ1v) is 1.91. The Kier molecular flexibility index (Phi) is 2.10. The first-order valence-electron chi connectivity index (χ1n) is 1.24. The van der Waals surface area contributed by atoms with Crippen LogP contribution in [0.4, 0.5) is 0 Å². The van der Waals surface area contributed by atoms with E-state index >= 15 is 0 Å². The van der Waals surface area contributed by atoms with Crippen LogP contribution < -0.4 is 0 Å². The first kappa shape index (κ1) is 4.56. The van der Waals surface area contributed by atoms with Crippen molar-refractivity contribution in [1.82, 2.24) is 0 Å². The molecule has 20 valence electrons. The van der Waals surface area contributed by atoms with Crippen LogP contribution >= 0.6 is 9.12 Å². The zero-order valence-corrected chi connectivity index (χ0v) is 3.89. The smallest absolute Gasteiger partial charge is 0.110 e. The molecule has 0 saturated carbocycles. The highest BCUT2D eigenvalue weighted by molar-refractivity contribution is 7.72. The average molecular weight is 69.6 g/mol. The molecule has 0 spiro atoms. The van der Waals surface area contributed by atoms with Crippen LogP contribution in [0.1, 0.15) is 0 Å². The van der Waals surface area contributed by atoms with Crippen LogP contribution in [0.25, 0.3) is 0 Å². The standard InChI is InChI=1S/CH5B2P/c1-3(2)4/h4H2,1H3. The summed E-state index contributed by atoms with van der Waals surface area (Å²) in [6.07, 6.45) is 0.250.